The summed E-state index contributed by atoms with van der Waals surface area (Å²) in [4.78, 5) is 2.12. The smallest absolute Gasteiger partial charge is 0.185 e. The fourth-order valence-corrected chi connectivity index (χ4v) is 3.41. The molecule has 1 aliphatic rings. The van der Waals surface area contributed by atoms with Crippen molar-refractivity contribution in [1.82, 2.24) is 24.9 Å². The number of aliphatic hydroxyl groups is 1. The van der Waals surface area contributed by atoms with Crippen LogP contribution in [-0.2, 0) is 26.5 Å². The van der Waals surface area contributed by atoms with Crippen molar-refractivity contribution in [2.45, 2.75) is 25.7 Å². The molecule has 1 aromatic heterocycles. The van der Waals surface area contributed by atoms with Crippen molar-refractivity contribution >= 4 is 9.39 Å². The Labute approximate surface area is 160 Å². The third kappa shape index (κ3) is 4.49. The molecule has 0 aliphatic carbocycles. The Balaban J connectivity index is 0.000000671. The Kier molecular flexibility index (Phi) is 8.65. The van der Waals surface area contributed by atoms with Crippen molar-refractivity contribution in [1.29, 1.82) is 0 Å². The molecule has 1 aromatic carbocycles. The second kappa shape index (κ2) is 9.72. The van der Waals surface area contributed by atoms with Crippen LogP contribution in [0.15, 0.2) is 30.3 Å². The van der Waals surface area contributed by atoms with E-state index in [9.17, 15) is 0 Å². The van der Waals surface area contributed by atoms with Gasteiger partial charge in [-0.1, -0.05) is 37.3 Å². The maximum Gasteiger partial charge on any atom is 0.185 e. The Morgan fingerprint density at radius 2 is 2.00 bits per heavy atom. The van der Waals surface area contributed by atoms with Crippen LogP contribution >= 0.6 is 9.39 Å². The van der Waals surface area contributed by atoms with Crippen LogP contribution in [-0.4, -0.2) is 49.7 Å². The first kappa shape index (κ1) is 21.4. The predicted molar refractivity (Wildman–Crippen MR) is 93.6 cm³/mol. The normalized spacial score (nSPS) is 23.8. The Hall–Kier alpha value is -0.672. The molecule has 0 spiro atoms. The zero-order chi connectivity index (χ0) is 16.9. The first-order chi connectivity index (χ1) is 11.0. The molecule has 2 aromatic rings. The standard InChI is InChI=1S/C14H19N5P.C2H6O.W/c1-11-10-18(2)9-8-14(11,12-6-4-3-5-7-12)13-15-17-19(20)16-13;1-2-3;/h3-7,11H,2,8-10,20H2,1H3;3H,2H2,1H3;/q-1;;. The Bertz CT molecular complexity index is 612. The zero-order valence-electron chi connectivity index (χ0n) is 14.2. The van der Waals surface area contributed by atoms with Crippen LogP contribution in [0.4, 0.5) is 0 Å². The average molecular weight is 518 g/mol. The maximum absolute atomic E-state index is 7.57. The molecule has 24 heavy (non-hydrogen) atoms. The topological polar surface area (TPSA) is 67.1 Å². The number of tetrazole rings is 1. The molecule has 3 unspecified atom stereocenters. The number of benzene rings is 1. The number of piperidine rings is 1. The minimum absolute atomic E-state index is 0. The molecule has 1 N–H and O–H groups in total. The molecule has 3 rings (SSSR count). The van der Waals surface area contributed by atoms with Crippen molar-refractivity contribution in [3.63, 3.8) is 0 Å². The molecule has 2 heterocycles. The third-order valence-electron chi connectivity index (χ3n) is 4.31. The summed E-state index contributed by atoms with van der Waals surface area (Å²) in [6.45, 7) is 6.04. The van der Waals surface area contributed by atoms with E-state index in [1.807, 2.05) is 6.07 Å². The van der Waals surface area contributed by atoms with Gasteiger partial charge in [0.15, 0.2) is 5.82 Å². The summed E-state index contributed by atoms with van der Waals surface area (Å²) in [7, 11) is 6.52. The molecular formula is C16H25N5OPW-. The fourth-order valence-electron chi connectivity index (χ4n) is 3.24. The summed E-state index contributed by atoms with van der Waals surface area (Å²) in [6.07, 6.45) is 0.956. The number of nitrogens with zero attached hydrogens (tertiary/aromatic N) is 5. The van der Waals surface area contributed by atoms with Gasteiger partial charge in [0, 0.05) is 37.1 Å². The second-order valence-electron chi connectivity index (χ2n) is 5.82. The fraction of sp³-hybridized carbons (Fsp3) is 0.500. The van der Waals surface area contributed by atoms with E-state index in [4.69, 9.17) is 5.11 Å². The van der Waals surface area contributed by atoms with E-state index < -0.39 is 0 Å². The number of hydrogen-bond acceptors (Lipinski definition) is 5. The van der Waals surface area contributed by atoms with Crippen LogP contribution in [0.2, 0.25) is 0 Å². The van der Waals surface area contributed by atoms with Crippen LogP contribution in [0, 0.1) is 13.0 Å². The zero-order valence-corrected chi connectivity index (χ0v) is 18.3. The van der Waals surface area contributed by atoms with Gasteiger partial charge in [0.1, 0.15) is 0 Å². The minimum Gasteiger partial charge on any atom is -0.459 e. The summed E-state index contributed by atoms with van der Waals surface area (Å²) in [5.41, 5.74) is 1.09. The van der Waals surface area contributed by atoms with Gasteiger partial charge < -0.3 is 10.0 Å². The molecule has 1 fully saturated rings. The molecule has 0 radical (unpaired) electrons. The van der Waals surface area contributed by atoms with Crippen LogP contribution in [0.1, 0.15) is 31.7 Å². The maximum atomic E-state index is 7.57. The number of rotatable bonds is 2. The molecule has 0 bridgehead atoms. The van der Waals surface area contributed by atoms with Gasteiger partial charge in [0.25, 0.3) is 0 Å². The molecule has 0 amide bonds. The molecule has 1 saturated heterocycles. The molecule has 8 heteroatoms. The van der Waals surface area contributed by atoms with Gasteiger partial charge in [-0.05, 0) is 43.1 Å². The van der Waals surface area contributed by atoms with Gasteiger partial charge in [-0.2, -0.15) is 4.57 Å². The van der Waals surface area contributed by atoms with Crippen molar-refractivity contribution < 1.29 is 26.2 Å². The van der Waals surface area contributed by atoms with Gasteiger partial charge in [-0.3, -0.25) is 7.05 Å². The van der Waals surface area contributed by atoms with Crippen LogP contribution in [0.25, 0.3) is 0 Å². The number of aliphatic hydroxyl groups excluding tert-OH is 1. The molecule has 0 saturated carbocycles. The van der Waals surface area contributed by atoms with Crippen molar-refractivity contribution in [3.05, 3.63) is 48.8 Å². The van der Waals surface area contributed by atoms with E-state index in [1.54, 1.807) is 6.92 Å². The van der Waals surface area contributed by atoms with Crippen molar-refractivity contribution in [2.75, 3.05) is 19.7 Å². The Morgan fingerprint density at radius 1 is 1.38 bits per heavy atom. The quantitative estimate of drug-likeness (QED) is 0.485. The largest absolute Gasteiger partial charge is 0.459 e. The van der Waals surface area contributed by atoms with Crippen LogP contribution in [0.5, 0.6) is 0 Å². The van der Waals surface area contributed by atoms with Gasteiger partial charge >= 0.3 is 0 Å². The number of aromatic nitrogens is 4. The van der Waals surface area contributed by atoms with Gasteiger partial charge in [0.05, 0.1) is 5.41 Å². The monoisotopic (exact) mass is 518 g/mol. The van der Waals surface area contributed by atoms with E-state index in [-0.39, 0.29) is 33.1 Å². The van der Waals surface area contributed by atoms with Crippen molar-refractivity contribution in [3.8, 4) is 0 Å². The van der Waals surface area contributed by atoms with E-state index in [0.717, 1.165) is 25.3 Å². The van der Waals surface area contributed by atoms with Gasteiger partial charge in [-0.15, -0.1) is 10.2 Å². The Morgan fingerprint density at radius 3 is 2.50 bits per heavy atom. The summed E-state index contributed by atoms with van der Waals surface area (Å²) in [5, 5.41) is 20.4. The molecule has 3 atom stereocenters. The SMILES string of the molecule is CCO.[CH2-]N1CCC(c2ccccc2)(c2nnn(P)n2)C(C)C1.[W]. The average Bonchev–Trinajstić information content (AvgIpc) is 2.96. The van der Waals surface area contributed by atoms with E-state index in [2.05, 4.69) is 67.9 Å². The first-order valence-corrected chi connectivity index (χ1v) is 8.33. The van der Waals surface area contributed by atoms with E-state index in [0.29, 0.717) is 5.92 Å². The summed E-state index contributed by atoms with van der Waals surface area (Å²) < 4.78 is 1.46. The molecule has 6 nitrogen and oxygen atoms in total. The van der Waals surface area contributed by atoms with Gasteiger partial charge in [0.2, 0.25) is 0 Å². The summed E-state index contributed by atoms with van der Waals surface area (Å²) in [5.74, 6) is 1.18. The molecular weight excluding hydrogens is 493 g/mol. The van der Waals surface area contributed by atoms with Crippen LogP contribution < -0.4 is 0 Å². The predicted octanol–water partition coefficient (Wildman–Crippen LogP) is 1.73. The third-order valence-corrected chi connectivity index (χ3v) is 4.53. The second-order valence-corrected chi connectivity index (χ2v) is 6.28. The number of likely N-dealkylation sites (tertiary alicyclic amines) is 1. The van der Waals surface area contributed by atoms with E-state index in [1.165, 1.54) is 10.1 Å². The first-order valence-electron chi connectivity index (χ1n) is 7.82. The van der Waals surface area contributed by atoms with Crippen molar-refractivity contribution in [2.24, 2.45) is 5.92 Å². The summed E-state index contributed by atoms with van der Waals surface area (Å²) in [6, 6.07) is 10.5. The summed E-state index contributed by atoms with van der Waals surface area (Å²) >= 11 is 0. The van der Waals surface area contributed by atoms with Gasteiger partial charge in [-0.25, -0.2) is 0 Å². The molecule has 1 aliphatic heterocycles. The van der Waals surface area contributed by atoms with E-state index >= 15 is 0 Å². The van der Waals surface area contributed by atoms with Crippen LogP contribution in [0.3, 0.4) is 0 Å². The minimum atomic E-state index is -0.176. The molecule has 132 valence electrons. The number of hydrogen-bond donors (Lipinski definition) is 1.